The van der Waals surface area contributed by atoms with Crippen LogP contribution < -0.4 is 0 Å². The molecule has 0 aromatic heterocycles. The number of aliphatic hydroxyl groups is 2. The van der Waals surface area contributed by atoms with Gasteiger partial charge in [0.15, 0.2) is 0 Å². The van der Waals surface area contributed by atoms with Gasteiger partial charge in [-0.25, -0.2) is 0 Å². The van der Waals surface area contributed by atoms with E-state index in [4.69, 9.17) is 9.84 Å². The monoisotopic (exact) mass is 272 g/mol. The van der Waals surface area contributed by atoms with Crippen LogP contribution in [0, 0.1) is 5.41 Å². The predicted molar refractivity (Wildman–Crippen MR) is 74.2 cm³/mol. The molecule has 0 spiro atoms. The number of ether oxygens (including phenoxy) is 1. The van der Waals surface area contributed by atoms with Crippen molar-refractivity contribution in [3.63, 3.8) is 0 Å². The fraction of sp³-hybridized carbons (Fsp3) is 1.00. The lowest BCUT2D eigenvalue weighted by molar-refractivity contribution is -0.0337. The first-order valence-electron chi connectivity index (χ1n) is 7.52. The van der Waals surface area contributed by atoms with E-state index in [0.29, 0.717) is 0 Å². The van der Waals surface area contributed by atoms with E-state index >= 15 is 0 Å². The predicted octanol–water partition coefficient (Wildman–Crippen LogP) is -0.224. The highest BCUT2D eigenvalue weighted by Crippen LogP contribution is 2.31. The van der Waals surface area contributed by atoms with E-state index in [1.807, 2.05) is 0 Å². The van der Waals surface area contributed by atoms with Crippen LogP contribution in [0.2, 0.25) is 0 Å². The van der Waals surface area contributed by atoms with Crippen LogP contribution in [0.15, 0.2) is 0 Å². The van der Waals surface area contributed by atoms with E-state index in [9.17, 15) is 5.11 Å². The van der Waals surface area contributed by atoms with Crippen molar-refractivity contribution < 1.29 is 14.9 Å². The van der Waals surface area contributed by atoms with E-state index in [2.05, 4.69) is 9.80 Å². The second-order valence-electron chi connectivity index (χ2n) is 5.97. The Bertz CT molecular complexity index is 257. The molecule has 2 aliphatic rings. The summed E-state index contributed by atoms with van der Waals surface area (Å²) in [6.45, 7) is 8.10. The maximum absolute atomic E-state index is 9.75. The fourth-order valence-electron chi connectivity index (χ4n) is 3.19. The molecule has 2 saturated heterocycles. The molecule has 5 nitrogen and oxygen atoms in total. The fourth-order valence-corrected chi connectivity index (χ4v) is 3.19. The summed E-state index contributed by atoms with van der Waals surface area (Å²) < 4.78 is 5.42. The molecule has 112 valence electrons. The number of hydrogen-bond donors (Lipinski definition) is 2. The molecule has 0 bridgehead atoms. The molecular weight excluding hydrogens is 244 g/mol. The van der Waals surface area contributed by atoms with Crippen LogP contribution in [0.3, 0.4) is 0 Å². The second kappa shape index (κ2) is 7.55. The topological polar surface area (TPSA) is 56.2 Å². The van der Waals surface area contributed by atoms with Gasteiger partial charge in [0.1, 0.15) is 0 Å². The summed E-state index contributed by atoms with van der Waals surface area (Å²) in [7, 11) is 0. The first-order chi connectivity index (χ1) is 9.28. The summed E-state index contributed by atoms with van der Waals surface area (Å²) in [6, 6.07) is 0. The average Bonchev–Trinajstić information content (AvgIpc) is 2.66. The zero-order chi connectivity index (χ0) is 13.6. The summed E-state index contributed by atoms with van der Waals surface area (Å²) in [6.07, 6.45) is 3.10. The van der Waals surface area contributed by atoms with Crippen LogP contribution in [0.5, 0.6) is 0 Å². The molecule has 2 aliphatic heterocycles. The van der Waals surface area contributed by atoms with Crippen molar-refractivity contribution in [1.29, 1.82) is 0 Å². The van der Waals surface area contributed by atoms with Gasteiger partial charge in [-0.3, -0.25) is 4.90 Å². The van der Waals surface area contributed by atoms with Gasteiger partial charge in [-0.1, -0.05) is 0 Å². The molecule has 2 fully saturated rings. The molecule has 0 atom stereocenters. The molecule has 0 aromatic rings. The Labute approximate surface area is 116 Å². The van der Waals surface area contributed by atoms with E-state index in [0.717, 1.165) is 71.7 Å². The van der Waals surface area contributed by atoms with Gasteiger partial charge in [0.2, 0.25) is 0 Å². The first-order valence-corrected chi connectivity index (χ1v) is 7.52. The molecule has 0 unspecified atom stereocenters. The van der Waals surface area contributed by atoms with Gasteiger partial charge >= 0.3 is 0 Å². The highest BCUT2D eigenvalue weighted by molar-refractivity contribution is 4.85. The van der Waals surface area contributed by atoms with Crippen LogP contribution in [0.25, 0.3) is 0 Å². The van der Waals surface area contributed by atoms with E-state index in [1.54, 1.807) is 0 Å². The maximum atomic E-state index is 9.75. The van der Waals surface area contributed by atoms with E-state index in [1.165, 1.54) is 0 Å². The van der Waals surface area contributed by atoms with Crippen molar-refractivity contribution in [2.45, 2.75) is 19.3 Å². The number of rotatable bonds is 5. The minimum Gasteiger partial charge on any atom is -0.396 e. The molecule has 0 saturated carbocycles. The molecule has 5 heteroatoms. The summed E-state index contributed by atoms with van der Waals surface area (Å²) >= 11 is 0. The largest absolute Gasteiger partial charge is 0.396 e. The average molecular weight is 272 g/mol. The smallest absolute Gasteiger partial charge is 0.0558 e. The van der Waals surface area contributed by atoms with E-state index < -0.39 is 0 Å². The lowest BCUT2D eigenvalue weighted by Gasteiger charge is -2.39. The third kappa shape index (κ3) is 4.39. The lowest BCUT2D eigenvalue weighted by Crippen LogP contribution is -2.45. The van der Waals surface area contributed by atoms with Crippen molar-refractivity contribution in [1.82, 2.24) is 9.80 Å². The SMILES string of the molecule is OCCN1CCCN(CC2(CO)CCOCC2)CC1. The maximum Gasteiger partial charge on any atom is 0.0558 e. The zero-order valence-electron chi connectivity index (χ0n) is 11.9. The minimum absolute atomic E-state index is 0.0460. The quantitative estimate of drug-likeness (QED) is 0.724. The second-order valence-corrected chi connectivity index (χ2v) is 5.97. The Balaban J connectivity index is 1.84. The molecule has 0 amide bonds. The van der Waals surface area contributed by atoms with Crippen molar-refractivity contribution >= 4 is 0 Å². The van der Waals surface area contributed by atoms with Crippen LogP contribution in [-0.4, -0.2) is 85.7 Å². The zero-order valence-corrected chi connectivity index (χ0v) is 11.9. The van der Waals surface area contributed by atoms with Gasteiger partial charge in [0.25, 0.3) is 0 Å². The van der Waals surface area contributed by atoms with Crippen LogP contribution in [0.1, 0.15) is 19.3 Å². The number of nitrogens with zero attached hydrogens (tertiary/aromatic N) is 2. The van der Waals surface area contributed by atoms with Gasteiger partial charge in [-0.2, -0.15) is 0 Å². The molecule has 0 radical (unpaired) electrons. The molecular formula is C14H28N2O3. The highest BCUT2D eigenvalue weighted by atomic mass is 16.5. The van der Waals surface area contributed by atoms with Crippen LogP contribution in [0.4, 0.5) is 0 Å². The van der Waals surface area contributed by atoms with Gasteiger partial charge in [-0.15, -0.1) is 0 Å². The van der Waals surface area contributed by atoms with Crippen molar-refractivity contribution in [2.75, 3.05) is 65.7 Å². The first kappa shape index (κ1) is 15.2. The molecule has 2 heterocycles. The standard InChI is InChI=1S/C14H28N2O3/c17-9-8-15-4-1-5-16(7-6-15)12-14(13-18)2-10-19-11-3-14/h17-18H,1-13H2. The number of aliphatic hydroxyl groups excluding tert-OH is 2. The van der Waals surface area contributed by atoms with Crippen LogP contribution >= 0.6 is 0 Å². The Morgan fingerprint density at radius 2 is 1.63 bits per heavy atom. The summed E-state index contributed by atoms with van der Waals surface area (Å²) in [4.78, 5) is 4.81. The normalized spacial score (nSPS) is 26.2. The van der Waals surface area contributed by atoms with Crippen molar-refractivity contribution in [3.05, 3.63) is 0 Å². The Morgan fingerprint density at radius 1 is 0.947 bits per heavy atom. The van der Waals surface area contributed by atoms with Crippen molar-refractivity contribution in [2.24, 2.45) is 5.41 Å². The molecule has 2 N–H and O–H groups in total. The molecule has 0 aromatic carbocycles. The summed E-state index contributed by atoms with van der Waals surface area (Å²) in [5.74, 6) is 0. The summed E-state index contributed by atoms with van der Waals surface area (Å²) in [5.41, 5.74) is 0.0460. The lowest BCUT2D eigenvalue weighted by atomic mass is 9.80. The van der Waals surface area contributed by atoms with Gasteiger partial charge < -0.3 is 19.8 Å². The van der Waals surface area contributed by atoms with Gasteiger partial charge in [0.05, 0.1) is 13.2 Å². The number of hydrogen-bond acceptors (Lipinski definition) is 5. The highest BCUT2D eigenvalue weighted by Gasteiger charge is 2.34. The molecule has 19 heavy (non-hydrogen) atoms. The van der Waals surface area contributed by atoms with Gasteiger partial charge in [0, 0.05) is 44.8 Å². The Kier molecular flexibility index (Phi) is 6.04. The molecule has 2 rings (SSSR count). The van der Waals surface area contributed by atoms with E-state index in [-0.39, 0.29) is 18.6 Å². The van der Waals surface area contributed by atoms with Gasteiger partial charge in [-0.05, 0) is 32.4 Å². The third-order valence-electron chi connectivity index (χ3n) is 4.55. The summed E-state index contributed by atoms with van der Waals surface area (Å²) in [5, 5.41) is 18.8. The van der Waals surface area contributed by atoms with Crippen molar-refractivity contribution in [3.8, 4) is 0 Å². The Hall–Kier alpha value is -0.200. The minimum atomic E-state index is 0.0460. The third-order valence-corrected chi connectivity index (χ3v) is 4.55. The number of β-amino-alcohol motifs (C(OH)–C–C–N with tert-alkyl or cyclic N) is 1. The Morgan fingerprint density at radius 3 is 2.32 bits per heavy atom. The van der Waals surface area contributed by atoms with Crippen LogP contribution in [-0.2, 0) is 4.74 Å². The molecule has 0 aliphatic carbocycles.